The Balaban J connectivity index is 1.99. The Kier molecular flexibility index (Phi) is 4.36. The fraction of sp³-hybridized carbons (Fsp3) is 0.417. The summed E-state index contributed by atoms with van der Waals surface area (Å²) in [5.41, 5.74) is 0. The summed E-state index contributed by atoms with van der Waals surface area (Å²) >= 11 is 4.97. The van der Waals surface area contributed by atoms with Crippen LogP contribution in [0, 0.1) is 0 Å². The number of aliphatic hydroxyl groups excluding tert-OH is 1. The average Bonchev–Trinajstić information content (AvgIpc) is 2.94. The summed E-state index contributed by atoms with van der Waals surface area (Å²) in [4.78, 5) is 14.7. The van der Waals surface area contributed by atoms with E-state index in [0.717, 1.165) is 28.0 Å². The Labute approximate surface area is 113 Å². The molecule has 0 bridgehead atoms. The van der Waals surface area contributed by atoms with E-state index in [1.807, 2.05) is 18.2 Å². The molecule has 0 aromatic carbocycles. The van der Waals surface area contributed by atoms with Crippen molar-refractivity contribution in [3.63, 3.8) is 0 Å². The Morgan fingerprint density at radius 1 is 1.65 bits per heavy atom. The largest absolute Gasteiger partial charge is 0.394 e. The van der Waals surface area contributed by atoms with Crippen LogP contribution in [-0.2, 0) is 4.79 Å². The average molecular weight is 316 g/mol. The van der Waals surface area contributed by atoms with E-state index in [1.165, 1.54) is 0 Å². The highest BCUT2D eigenvalue weighted by atomic mass is 79.9. The number of thiophene rings is 1. The number of amides is 1. The Hall–Kier alpha value is -0.650. The van der Waals surface area contributed by atoms with Crippen molar-refractivity contribution in [1.82, 2.24) is 4.90 Å². The molecule has 1 saturated heterocycles. The maximum atomic E-state index is 11.9. The summed E-state index contributed by atoms with van der Waals surface area (Å²) in [6, 6.07) is 3.93. The topological polar surface area (TPSA) is 40.5 Å². The highest BCUT2D eigenvalue weighted by molar-refractivity contribution is 9.11. The minimum atomic E-state index is -0.00827. The molecule has 2 heterocycles. The molecule has 5 heteroatoms. The van der Waals surface area contributed by atoms with Crippen molar-refractivity contribution in [3.05, 3.63) is 26.9 Å². The van der Waals surface area contributed by atoms with Crippen molar-refractivity contribution in [2.75, 3.05) is 13.2 Å². The van der Waals surface area contributed by atoms with Crippen LogP contribution >= 0.6 is 27.3 Å². The Bertz CT molecular complexity index is 430. The molecule has 1 aliphatic rings. The molecule has 0 radical (unpaired) electrons. The zero-order chi connectivity index (χ0) is 12.3. The maximum Gasteiger partial charge on any atom is 0.246 e. The van der Waals surface area contributed by atoms with Crippen LogP contribution in [0.15, 0.2) is 22.0 Å². The number of halogens is 1. The number of rotatable bonds is 3. The van der Waals surface area contributed by atoms with Crippen molar-refractivity contribution >= 4 is 39.2 Å². The molecule has 92 valence electrons. The summed E-state index contributed by atoms with van der Waals surface area (Å²) in [7, 11) is 0. The van der Waals surface area contributed by atoms with Crippen molar-refractivity contribution < 1.29 is 9.90 Å². The zero-order valence-electron chi connectivity index (χ0n) is 9.30. The molecule has 0 unspecified atom stereocenters. The van der Waals surface area contributed by atoms with E-state index in [9.17, 15) is 4.79 Å². The second-order valence-corrected chi connectivity index (χ2v) is 6.48. The minimum absolute atomic E-state index is 0.00206. The first-order valence-corrected chi connectivity index (χ1v) is 7.16. The Morgan fingerprint density at radius 3 is 3.12 bits per heavy atom. The molecular weight excluding hydrogens is 302 g/mol. The molecule has 0 saturated carbocycles. The first-order valence-electron chi connectivity index (χ1n) is 5.55. The standard InChI is InChI=1S/C12H14BrNO2S/c13-11-5-3-10(17-11)4-6-12(16)14-7-1-2-9(14)8-15/h3-6,9,15H,1-2,7-8H2/t9-/m0/s1. The fourth-order valence-electron chi connectivity index (χ4n) is 1.98. The maximum absolute atomic E-state index is 11.9. The molecule has 1 aromatic rings. The monoisotopic (exact) mass is 315 g/mol. The highest BCUT2D eigenvalue weighted by Gasteiger charge is 2.26. The third kappa shape index (κ3) is 3.18. The number of carbonyl (C=O) groups is 1. The van der Waals surface area contributed by atoms with Crippen molar-refractivity contribution in [2.24, 2.45) is 0 Å². The van der Waals surface area contributed by atoms with E-state index < -0.39 is 0 Å². The van der Waals surface area contributed by atoms with Gasteiger partial charge in [0.15, 0.2) is 0 Å². The van der Waals surface area contributed by atoms with E-state index in [2.05, 4.69) is 15.9 Å². The van der Waals surface area contributed by atoms with Crippen molar-refractivity contribution in [3.8, 4) is 0 Å². The van der Waals surface area contributed by atoms with Gasteiger partial charge in [0.25, 0.3) is 0 Å². The number of hydrogen-bond donors (Lipinski definition) is 1. The first-order chi connectivity index (χ1) is 8.20. The summed E-state index contributed by atoms with van der Waals surface area (Å²) in [6.07, 6.45) is 5.30. The van der Waals surface area contributed by atoms with Gasteiger partial charge in [-0.05, 0) is 47.0 Å². The number of aliphatic hydroxyl groups is 1. The molecule has 1 fully saturated rings. The van der Waals surface area contributed by atoms with Gasteiger partial charge in [-0.3, -0.25) is 4.79 Å². The summed E-state index contributed by atoms with van der Waals surface area (Å²) < 4.78 is 1.05. The van der Waals surface area contributed by atoms with Gasteiger partial charge in [0.2, 0.25) is 5.91 Å². The molecule has 2 rings (SSSR count). The lowest BCUT2D eigenvalue weighted by atomic mass is 10.2. The number of nitrogens with zero attached hydrogens (tertiary/aromatic N) is 1. The molecule has 1 N–H and O–H groups in total. The molecule has 1 amide bonds. The van der Waals surface area contributed by atoms with Crippen molar-refractivity contribution in [1.29, 1.82) is 0 Å². The Morgan fingerprint density at radius 2 is 2.47 bits per heavy atom. The smallest absolute Gasteiger partial charge is 0.246 e. The lowest BCUT2D eigenvalue weighted by Gasteiger charge is -2.21. The third-order valence-electron chi connectivity index (χ3n) is 2.86. The molecule has 17 heavy (non-hydrogen) atoms. The van der Waals surface area contributed by atoms with Crippen LogP contribution < -0.4 is 0 Å². The molecule has 0 aliphatic carbocycles. The molecule has 1 aliphatic heterocycles. The van der Waals surface area contributed by atoms with Crippen LogP contribution in [0.1, 0.15) is 17.7 Å². The lowest BCUT2D eigenvalue weighted by molar-refractivity contribution is -0.127. The quantitative estimate of drug-likeness (QED) is 0.871. The number of hydrogen-bond acceptors (Lipinski definition) is 3. The first kappa shape index (κ1) is 12.8. The zero-order valence-corrected chi connectivity index (χ0v) is 11.7. The van der Waals surface area contributed by atoms with Crippen LogP contribution in [0.25, 0.3) is 6.08 Å². The molecular formula is C12H14BrNO2S. The third-order valence-corrected chi connectivity index (χ3v) is 4.44. The number of carbonyl (C=O) groups excluding carboxylic acids is 1. The fourth-order valence-corrected chi connectivity index (χ4v) is 3.31. The van der Waals surface area contributed by atoms with Gasteiger partial charge in [-0.25, -0.2) is 0 Å². The second kappa shape index (κ2) is 5.80. The van der Waals surface area contributed by atoms with E-state index in [0.29, 0.717) is 0 Å². The van der Waals surface area contributed by atoms with Crippen LogP contribution in [0.5, 0.6) is 0 Å². The van der Waals surface area contributed by atoms with Gasteiger partial charge in [0, 0.05) is 17.5 Å². The van der Waals surface area contributed by atoms with Gasteiger partial charge in [0.1, 0.15) is 0 Å². The normalized spacial score (nSPS) is 20.4. The number of likely N-dealkylation sites (tertiary alicyclic amines) is 1. The van der Waals surface area contributed by atoms with Gasteiger partial charge in [-0.2, -0.15) is 0 Å². The summed E-state index contributed by atoms with van der Waals surface area (Å²) in [5.74, 6) is -0.00827. The molecule has 3 nitrogen and oxygen atoms in total. The summed E-state index contributed by atoms with van der Waals surface area (Å²) in [6.45, 7) is 0.812. The predicted molar refractivity (Wildman–Crippen MR) is 72.9 cm³/mol. The lowest BCUT2D eigenvalue weighted by Crippen LogP contribution is -2.36. The predicted octanol–water partition coefficient (Wildman–Crippen LogP) is 2.51. The molecule has 1 atom stereocenters. The van der Waals surface area contributed by atoms with Gasteiger partial charge in [0.05, 0.1) is 16.4 Å². The van der Waals surface area contributed by atoms with Crippen molar-refractivity contribution in [2.45, 2.75) is 18.9 Å². The van der Waals surface area contributed by atoms with E-state index in [4.69, 9.17) is 5.11 Å². The minimum Gasteiger partial charge on any atom is -0.394 e. The molecule has 0 spiro atoms. The van der Waals surface area contributed by atoms with Gasteiger partial charge < -0.3 is 10.0 Å². The SMILES string of the molecule is O=C(C=Cc1ccc(Br)s1)N1CCC[C@H]1CO. The second-order valence-electron chi connectivity index (χ2n) is 3.99. The summed E-state index contributed by atoms with van der Waals surface area (Å²) in [5, 5.41) is 9.15. The highest BCUT2D eigenvalue weighted by Crippen LogP contribution is 2.23. The molecule has 1 aromatic heterocycles. The van der Waals surface area contributed by atoms with Gasteiger partial charge >= 0.3 is 0 Å². The van der Waals surface area contributed by atoms with Gasteiger partial charge in [-0.1, -0.05) is 0 Å². The van der Waals surface area contributed by atoms with E-state index in [1.54, 1.807) is 22.3 Å². The van der Waals surface area contributed by atoms with Crippen LogP contribution in [-0.4, -0.2) is 35.1 Å². The van der Waals surface area contributed by atoms with E-state index in [-0.39, 0.29) is 18.6 Å². The van der Waals surface area contributed by atoms with Crippen LogP contribution in [0.3, 0.4) is 0 Å². The van der Waals surface area contributed by atoms with Crippen LogP contribution in [0.4, 0.5) is 0 Å². The van der Waals surface area contributed by atoms with E-state index >= 15 is 0 Å². The van der Waals surface area contributed by atoms with Gasteiger partial charge in [-0.15, -0.1) is 11.3 Å². The van der Waals surface area contributed by atoms with Crippen LogP contribution in [0.2, 0.25) is 0 Å².